The minimum atomic E-state index is -0.993. The number of amides is 1. The zero-order valence-corrected chi connectivity index (χ0v) is 16.5. The van der Waals surface area contributed by atoms with E-state index in [1.54, 1.807) is 48.5 Å². The summed E-state index contributed by atoms with van der Waals surface area (Å²) in [5.74, 6) is -0.601. The third-order valence-electron chi connectivity index (χ3n) is 3.81. The van der Waals surface area contributed by atoms with Gasteiger partial charge in [-0.3, -0.25) is 14.4 Å². The Hall–Kier alpha value is -2.86. The molecule has 0 fully saturated rings. The molecule has 0 spiro atoms. The molecule has 148 valence electrons. The summed E-state index contributed by atoms with van der Waals surface area (Å²) in [6, 6.07) is 13.4. The van der Waals surface area contributed by atoms with Crippen molar-refractivity contribution >= 4 is 34.9 Å². The Morgan fingerprint density at radius 1 is 1.07 bits per heavy atom. The molecule has 1 N–H and O–H groups in total. The highest BCUT2D eigenvalue weighted by atomic mass is 35.5. The lowest BCUT2D eigenvalue weighted by molar-refractivity contribution is -0.153. The summed E-state index contributed by atoms with van der Waals surface area (Å²) in [6.45, 7) is 3.88. The molecule has 7 heteroatoms. The van der Waals surface area contributed by atoms with E-state index < -0.39 is 18.0 Å². The highest BCUT2D eigenvalue weighted by molar-refractivity contribution is 6.30. The zero-order chi connectivity index (χ0) is 20.5. The average molecular weight is 404 g/mol. The molecule has 0 aliphatic heterocycles. The molecule has 1 atom stereocenters. The Bertz CT molecular complexity index is 835. The number of carbonyl (C=O) groups is 3. The van der Waals surface area contributed by atoms with E-state index in [-0.39, 0.29) is 18.6 Å². The maximum Gasteiger partial charge on any atom is 0.307 e. The lowest BCUT2D eigenvalue weighted by Gasteiger charge is -2.13. The number of anilines is 1. The van der Waals surface area contributed by atoms with Gasteiger partial charge in [0.25, 0.3) is 5.91 Å². The lowest BCUT2D eigenvalue weighted by atomic mass is 10.1. The van der Waals surface area contributed by atoms with Crippen molar-refractivity contribution in [1.82, 2.24) is 0 Å². The first-order valence-electron chi connectivity index (χ1n) is 8.91. The molecular formula is C21H22ClNO5. The van der Waals surface area contributed by atoms with Crippen molar-refractivity contribution < 1.29 is 23.9 Å². The summed E-state index contributed by atoms with van der Waals surface area (Å²) in [5.41, 5.74) is 0.995. The third kappa shape index (κ3) is 6.70. The molecule has 0 radical (unpaired) electrons. The summed E-state index contributed by atoms with van der Waals surface area (Å²) in [5, 5.41) is 3.10. The van der Waals surface area contributed by atoms with Crippen molar-refractivity contribution in [3.63, 3.8) is 0 Å². The van der Waals surface area contributed by atoms with Crippen LogP contribution in [0.5, 0.6) is 5.75 Å². The van der Waals surface area contributed by atoms with Crippen LogP contribution in [0, 0.1) is 0 Å². The highest BCUT2D eigenvalue weighted by Crippen LogP contribution is 2.16. The topological polar surface area (TPSA) is 81.7 Å². The number of ether oxygens (including phenoxy) is 2. The van der Waals surface area contributed by atoms with Gasteiger partial charge in [0.05, 0.1) is 13.0 Å². The molecule has 1 amide bonds. The van der Waals surface area contributed by atoms with Crippen molar-refractivity contribution in [2.45, 2.75) is 32.8 Å². The Labute approximate surface area is 168 Å². The second kappa shape index (κ2) is 10.5. The predicted molar refractivity (Wildman–Crippen MR) is 107 cm³/mol. The number of halogens is 1. The van der Waals surface area contributed by atoms with E-state index in [9.17, 15) is 14.4 Å². The molecule has 0 bridgehead atoms. The summed E-state index contributed by atoms with van der Waals surface area (Å²) in [4.78, 5) is 36.2. The van der Waals surface area contributed by atoms with E-state index in [0.717, 1.165) is 0 Å². The SMILES string of the molecule is CCOc1ccc(C(=O)CCC(=O)O[C@H](C)C(=O)Nc2cccc(Cl)c2)cc1. The van der Waals surface area contributed by atoms with Crippen LogP contribution in [0.1, 0.15) is 37.0 Å². The molecular weight excluding hydrogens is 382 g/mol. The molecule has 0 unspecified atom stereocenters. The molecule has 2 aromatic carbocycles. The van der Waals surface area contributed by atoms with Crippen molar-refractivity contribution in [3.05, 3.63) is 59.1 Å². The summed E-state index contributed by atoms with van der Waals surface area (Å²) in [7, 11) is 0. The molecule has 0 saturated carbocycles. The zero-order valence-electron chi connectivity index (χ0n) is 15.7. The van der Waals surface area contributed by atoms with E-state index >= 15 is 0 Å². The van der Waals surface area contributed by atoms with Crippen molar-refractivity contribution in [2.24, 2.45) is 0 Å². The fraction of sp³-hybridized carbons (Fsp3) is 0.286. The van der Waals surface area contributed by atoms with E-state index in [0.29, 0.717) is 28.6 Å². The monoisotopic (exact) mass is 403 g/mol. The van der Waals surface area contributed by atoms with Gasteiger partial charge in [-0.1, -0.05) is 17.7 Å². The molecule has 2 rings (SSSR count). The predicted octanol–water partition coefficient (Wildman–Crippen LogP) is 4.27. The maximum atomic E-state index is 12.2. The number of hydrogen-bond donors (Lipinski definition) is 1. The molecule has 0 aromatic heterocycles. The van der Waals surface area contributed by atoms with Crippen LogP contribution in [0.4, 0.5) is 5.69 Å². The van der Waals surface area contributed by atoms with Crippen LogP contribution in [0.25, 0.3) is 0 Å². The van der Waals surface area contributed by atoms with Crippen LogP contribution in [-0.4, -0.2) is 30.4 Å². The first-order chi connectivity index (χ1) is 13.4. The normalized spacial score (nSPS) is 11.4. The number of carbonyl (C=O) groups excluding carboxylic acids is 3. The number of ketones is 1. The van der Waals surface area contributed by atoms with E-state index in [4.69, 9.17) is 21.1 Å². The molecule has 0 aliphatic rings. The standard InChI is InChI=1S/C21H22ClNO5/c1-3-27-18-9-7-15(8-10-18)19(24)11-12-20(25)28-14(2)21(26)23-17-6-4-5-16(22)13-17/h4-10,13-14H,3,11-12H2,1-2H3,(H,23,26)/t14-/m1/s1. The van der Waals surface area contributed by atoms with Crippen LogP contribution < -0.4 is 10.1 Å². The quantitative estimate of drug-likeness (QED) is 0.499. The Kier molecular flexibility index (Phi) is 8.02. The lowest BCUT2D eigenvalue weighted by Crippen LogP contribution is -2.30. The Morgan fingerprint density at radius 2 is 1.79 bits per heavy atom. The minimum absolute atomic E-state index is 0.00452. The number of esters is 1. The summed E-state index contributed by atoms with van der Waals surface area (Å²) < 4.78 is 10.4. The van der Waals surface area contributed by atoms with Gasteiger partial charge in [-0.2, -0.15) is 0 Å². The minimum Gasteiger partial charge on any atom is -0.494 e. The molecule has 0 saturated heterocycles. The van der Waals surface area contributed by atoms with Crippen molar-refractivity contribution in [2.75, 3.05) is 11.9 Å². The average Bonchev–Trinajstić information content (AvgIpc) is 2.67. The van der Waals surface area contributed by atoms with E-state index in [1.165, 1.54) is 6.92 Å². The van der Waals surface area contributed by atoms with Gasteiger partial charge >= 0.3 is 5.97 Å². The van der Waals surface area contributed by atoms with E-state index in [1.807, 2.05) is 6.92 Å². The maximum absolute atomic E-state index is 12.2. The van der Waals surface area contributed by atoms with Gasteiger partial charge in [0.2, 0.25) is 0 Å². The van der Waals surface area contributed by atoms with Gasteiger partial charge in [0.1, 0.15) is 5.75 Å². The molecule has 0 aliphatic carbocycles. The smallest absolute Gasteiger partial charge is 0.307 e. The number of benzene rings is 2. The van der Waals surface area contributed by atoms with Gasteiger partial charge in [-0.25, -0.2) is 0 Å². The summed E-state index contributed by atoms with van der Waals surface area (Å²) >= 11 is 5.86. The van der Waals surface area contributed by atoms with Crippen LogP contribution >= 0.6 is 11.6 Å². The van der Waals surface area contributed by atoms with Gasteiger partial charge in [0, 0.05) is 22.7 Å². The number of nitrogens with one attached hydrogen (secondary N) is 1. The van der Waals surface area contributed by atoms with Crippen molar-refractivity contribution in [3.8, 4) is 5.75 Å². The van der Waals surface area contributed by atoms with Crippen LogP contribution in [0.3, 0.4) is 0 Å². The van der Waals surface area contributed by atoms with Crippen LogP contribution in [0.15, 0.2) is 48.5 Å². The summed E-state index contributed by atoms with van der Waals surface area (Å²) in [6.07, 6.45) is -1.11. The van der Waals surface area contributed by atoms with Gasteiger partial charge in [-0.15, -0.1) is 0 Å². The third-order valence-corrected chi connectivity index (χ3v) is 4.05. The van der Waals surface area contributed by atoms with Gasteiger partial charge in [0.15, 0.2) is 11.9 Å². The molecule has 6 nitrogen and oxygen atoms in total. The molecule has 0 heterocycles. The van der Waals surface area contributed by atoms with Crippen LogP contribution in [0.2, 0.25) is 5.02 Å². The highest BCUT2D eigenvalue weighted by Gasteiger charge is 2.19. The fourth-order valence-electron chi connectivity index (χ4n) is 2.38. The number of Topliss-reactive ketones (excluding diaryl/α,β-unsaturated/α-hetero) is 1. The number of rotatable bonds is 9. The fourth-order valence-corrected chi connectivity index (χ4v) is 2.57. The largest absolute Gasteiger partial charge is 0.494 e. The Balaban J connectivity index is 1.79. The van der Waals surface area contributed by atoms with Gasteiger partial charge < -0.3 is 14.8 Å². The van der Waals surface area contributed by atoms with Crippen molar-refractivity contribution in [1.29, 1.82) is 0 Å². The van der Waals surface area contributed by atoms with Gasteiger partial charge in [-0.05, 0) is 56.3 Å². The molecule has 2 aromatic rings. The van der Waals surface area contributed by atoms with Crippen LogP contribution in [-0.2, 0) is 14.3 Å². The second-order valence-corrected chi connectivity index (χ2v) is 6.45. The number of hydrogen-bond acceptors (Lipinski definition) is 5. The Morgan fingerprint density at radius 3 is 2.43 bits per heavy atom. The molecule has 28 heavy (non-hydrogen) atoms. The second-order valence-electron chi connectivity index (χ2n) is 6.01. The first kappa shape index (κ1) is 21.4. The first-order valence-corrected chi connectivity index (χ1v) is 9.28. The van der Waals surface area contributed by atoms with E-state index in [2.05, 4.69) is 5.32 Å².